The predicted octanol–water partition coefficient (Wildman–Crippen LogP) is 2.51. The molecule has 1 aliphatic rings. The highest BCUT2D eigenvalue weighted by atomic mass is 35.5. The summed E-state index contributed by atoms with van der Waals surface area (Å²) in [6.45, 7) is 2.12. The lowest BCUT2D eigenvalue weighted by Crippen LogP contribution is -2.31. The fraction of sp³-hybridized carbons (Fsp3) is 0.462. The average Bonchev–Trinajstić information content (AvgIpc) is 2.64. The van der Waals surface area contributed by atoms with Crippen LogP contribution >= 0.6 is 23.4 Å². The third kappa shape index (κ3) is 2.68. The van der Waals surface area contributed by atoms with Crippen LogP contribution in [0.5, 0.6) is 0 Å². The number of thioether (sulfide) groups is 1. The van der Waals surface area contributed by atoms with Crippen molar-refractivity contribution in [3.8, 4) is 0 Å². The molecule has 1 aromatic carbocycles. The maximum atomic E-state index is 11.4. The maximum absolute atomic E-state index is 11.4. The Morgan fingerprint density at radius 2 is 2.26 bits per heavy atom. The van der Waals surface area contributed by atoms with Crippen LogP contribution in [0.3, 0.4) is 0 Å². The molecule has 0 saturated carbocycles. The van der Waals surface area contributed by atoms with E-state index in [9.17, 15) is 9.90 Å². The number of fused-ring (bicyclic) bond motifs is 1. The van der Waals surface area contributed by atoms with E-state index < -0.39 is 12.0 Å². The fourth-order valence-electron chi connectivity index (χ4n) is 2.11. The van der Waals surface area contributed by atoms with Crippen LogP contribution < -0.4 is 10.2 Å². The summed E-state index contributed by atoms with van der Waals surface area (Å²) in [6, 6.07) is 3.81. The SMILES string of the molecule is CSCC(C)N(C)c1cc2c(cc1Cl)C(O)C(=O)N2. The van der Waals surface area contributed by atoms with Gasteiger partial charge in [-0.15, -0.1) is 0 Å². The Labute approximate surface area is 122 Å². The Hall–Kier alpha value is -0.910. The van der Waals surface area contributed by atoms with Gasteiger partial charge >= 0.3 is 0 Å². The van der Waals surface area contributed by atoms with E-state index in [1.807, 2.05) is 13.1 Å². The number of hydrogen-bond acceptors (Lipinski definition) is 4. The number of carbonyl (C=O) groups excluding carboxylic acids is 1. The molecular weight excluding hydrogens is 284 g/mol. The zero-order valence-electron chi connectivity index (χ0n) is 11.1. The third-order valence-corrected chi connectivity index (χ3v) is 4.49. The first-order valence-corrected chi connectivity index (χ1v) is 7.77. The number of aliphatic hydroxyl groups excluding tert-OH is 1. The van der Waals surface area contributed by atoms with E-state index in [1.54, 1.807) is 17.8 Å². The summed E-state index contributed by atoms with van der Waals surface area (Å²) >= 11 is 8.03. The number of nitrogens with one attached hydrogen (secondary N) is 1. The standard InChI is InChI=1S/C13H17ClN2O2S/c1-7(6-19-3)16(2)11-5-10-8(4-9(11)14)12(17)13(18)15-10/h4-5,7,12,17H,6H2,1-3H3,(H,15,18). The second kappa shape index (κ2) is 5.61. The lowest BCUT2D eigenvalue weighted by Gasteiger charge is -2.28. The van der Waals surface area contributed by atoms with Crippen molar-refractivity contribution in [1.29, 1.82) is 0 Å². The molecule has 1 aliphatic heterocycles. The number of rotatable bonds is 4. The van der Waals surface area contributed by atoms with Gasteiger partial charge in [0.1, 0.15) is 0 Å². The molecule has 6 heteroatoms. The molecule has 4 nitrogen and oxygen atoms in total. The van der Waals surface area contributed by atoms with Crippen molar-refractivity contribution in [1.82, 2.24) is 0 Å². The third-order valence-electron chi connectivity index (χ3n) is 3.37. The minimum absolute atomic E-state index is 0.326. The lowest BCUT2D eigenvalue weighted by atomic mass is 10.1. The average molecular weight is 301 g/mol. The summed E-state index contributed by atoms with van der Waals surface area (Å²) < 4.78 is 0. The van der Waals surface area contributed by atoms with Crippen molar-refractivity contribution in [2.75, 3.05) is 29.3 Å². The fourth-order valence-corrected chi connectivity index (χ4v) is 3.13. The van der Waals surface area contributed by atoms with Crippen molar-refractivity contribution in [2.45, 2.75) is 19.1 Å². The molecule has 2 unspecified atom stereocenters. The van der Waals surface area contributed by atoms with Gasteiger partial charge in [-0.1, -0.05) is 11.6 Å². The smallest absolute Gasteiger partial charge is 0.257 e. The van der Waals surface area contributed by atoms with Crippen LogP contribution in [0.1, 0.15) is 18.6 Å². The monoisotopic (exact) mass is 300 g/mol. The van der Waals surface area contributed by atoms with Gasteiger partial charge in [-0.25, -0.2) is 0 Å². The molecule has 1 aromatic rings. The summed E-state index contributed by atoms with van der Waals surface area (Å²) in [6.07, 6.45) is 0.945. The summed E-state index contributed by atoms with van der Waals surface area (Å²) in [4.78, 5) is 13.5. The van der Waals surface area contributed by atoms with E-state index >= 15 is 0 Å². The molecule has 19 heavy (non-hydrogen) atoms. The lowest BCUT2D eigenvalue weighted by molar-refractivity contribution is -0.123. The van der Waals surface area contributed by atoms with E-state index in [1.165, 1.54) is 0 Å². The largest absolute Gasteiger partial charge is 0.378 e. The minimum atomic E-state index is -1.12. The number of amides is 1. The van der Waals surface area contributed by atoms with Crippen LogP contribution in [0.4, 0.5) is 11.4 Å². The second-order valence-electron chi connectivity index (χ2n) is 4.70. The first-order chi connectivity index (χ1) is 8.95. The van der Waals surface area contributed by atoms with Gasteiger partial charge in [0.25, 0.3) is 5.91 Å². The maximum Gasteiger partial charge on any atom is 0.257 e. The minimum Gasteiger partial charge on any atom is -0.378 e. The number of aliphatic hydroxyl groups is 1. The Balaban J connectivity index is 2.34. The zero-order chi connectivity index (χ0) is 14.2. The highest BCUT2D eigenvalue weighted by molar-refractivity contribution is 7.98. The van der Waals surface area contributed by atoms with Crippen LogP contribution in [0.2, 0.25) is 5.02 Å². The summed E-state index contributed by atoms with van der Waals surface area (Å²) in [5, 5.41) is 12.9. The van der Waals surface area contributed by atoms with E-state index in [-0.39, 0.29) is 0 Å². The molecule has 2 N–H and O–H groups in total. The van der Waals surface area contributed by atoms with Crippen molar-refractivity contribution < 1.29 is 9.90 Å². The van der Waals surface area contributed by atoms with Crippen LogP contribution in [-0.4, -0.2) is 36.1 Å². The molecule has 0 aliphatic carbocycles. The summed E-state index contributed by atoms with van der Waals surface area (Å²) in [5.41, 5.74) is 2.04. The van der Waals surface area contributed by atoms with Gasteiger partial charge < -0.3 is 15.3 Å². The Bertz CT molecular complexity index is 510. The second-order valence-corrected chi connectivity index (χ2v) is 6.02. The number of halogens is 1. The molecule has 0 radical (unpaired) electrons. The van der Waals surface area contributed by atoms with Crippen LogP contribution in [0, 0.1) is 0 Å². The number of anilines is 2. The molecule has 0 saturated heterocycles. The summed E-state index contributed by atoms with van der Waals surface area (Å²) in [7, 11) is 1.97. The van der Waals surface area contributed by atoms with Gasteiger partial charge in [0.2, 0.25) is 0 Å². The Kier molecular flexibility index (Phi) is 4.28. The number of benzene rings is 1. The zero-order valence-corrected chi connectivity index (χ0v) is 12.7. The summed E-state index contributed by atoms with van der Waals surface area (Å²) in [5.74, 6) is 0.585. The molecule has 0 bridgehead atoms. The van der Waals surface area contributed by atoms with Gasteiger partial charge in [0, 0.05) is 30.1 Å². The highest BCUT2D eigenvalue weighted by Crippen LogP contribution is 2.39. The molecule has 0 fully saturated rings. The van der Waals surface area contributed by atoms with E-state index in [0.717, 1.165) is 11.4 Å². The quantitative estimate of drug-likeness (QED) is 0.897. The number of carbonyl (C=O) groups is 1. The first kappa shape index (κ1) is 14.5. The topological polar surface area (TPSA) is 52.6 Å². The molecule has 1 amide bonds. The Morgan fingerprint density at radius 1 is 1.58 bits per heavy atom. The predicted molar refractivity (Wildman–Crippen MR) is 81.3 cm³/mol. The molecule has 104 valence electrons. The van der Waals surface area contributed by atoms with Crippen molar-refractivity contribution >= 4 is 40.6 Å². The van der Waals surface area contributed by atoms with Crippen molar-refractivity contribution in [3.05, 3.63) is 22.7 Å². The number of hydrogen-bond donors (Lipinski definition) is 2. The van der Waals surface area contributed by atoms with Crippen LogP contribution in [0.25, 0.3) is 0 Å². The van der Waals surface area contributed by atoms with E-state index in [2.05, 4.69) is 23.4 Å². The van der Waals surface area contributed by atoms with Gasteiger partial charge in [0.05, 0.1) is 10.7 Å². The van der Waals surface area contributed by atoms with Gasteiger partial charge in [0.15, 0.2) is 6.10 Å². The molecule has 2 atom stereocenters. The first-order valence-electron chi connectivity index (χ1n) is 5.99. The highest BCUT2D eigenvalue weighted by Gasteiger charge is 2.30. The van der Waals surface area contributed by atoms with E-state index in [4.69, 9.17) is 11.6 Å². The van der Waals surface area contributed by atoms with Gasteiger partial charge in [-0.05, 0) is 25.3 Å². The van der Waals surface area contributed by atoms with Crippen molar-refractivity contribution in [2.24, 2.45) is 0 Å². The molecule has 0 spiro atoms. The van der Waals surface area contributed by atoms with Gasteiger partial charge in [-0.2, -0.15) is 11.8 Å². The van der Waals surface area contributed by atoms with Crippen LogP contribution in [0.15, 0.2) is 12.1 Å². The van der Waals surface area contributed by atoms with E-state index in [0.29, 0.717) is 22.3 Å². The van der Waals surface area contributed by atoms with Crippen LogP contribution in [-0.2, 0) is 4.79 Å². The molecule has 1 heterocycles. The molecular formula is C13H17ClN2O2S. The molecule has 2 rings (SSSR count). The van der Waals surface area contributed by atoms with Gasteiger partial charge in [-0.3, -0.25) is 4.79 Å². The molecule has 0 aromatic heterocycles. The Morgan fingerprint density at radius 3 is 2.89 bits per heavy atom. The number of nitrogens with zero attached hydrogens (tertiary/aromatic N) is 1. The van der Waals surface area contributed by atoms with Crippen molar-refractivity contribution in [3.63, 3.8) is 0 Å². The normalized spacial score (nSPS) is 19.0.